The molecule has 186 valence electrons. The molecule has 3 aromatic rings. The highest BCUT2D eigenvalue weighted by Crippen LogP contribution is 2.27. The molecule has 0 aliphatic carbocycles. The molecule has 0 fully saturated rings. The van der Waals surface area contributed by atoms with Crippen molar-refractivity contribution in [2.75, 3.05) is 52.9 Å². The Morgan fingerprint density at radius 3 is 2.17 bits per heavy atom. The Morgan fingerprint density at radius 2 is 1.60 bits per heavy atom. The number of anilines is 1. The zero-order valence-electron chi connectivity index (χ0n) is 20.4. The molecule has 0 atom stereocenters. The van der Waals surface area contributed by atoms with E-state index in [9.17, 15) is 9.59 Å². The number of imidazole rings is 1. The van der Waals surface area contributed by atoms with Crippen molar-refractivity contribution < 1.29 is 23.8 Å². The molecule has 10 heteroatoms. The van der Waals surface area contributed by atoms with Crippen molar-refractivity contribution in [3.8, 4) is 28.4 Å². The summed E-state index contributed by atoms with van der Waals surface area (Å²) in [6.07, 6.45) is 1.84. The van der Waals surface area contributed by atoms with Crippen LogP contribution in [0.3, 0.4) is 0 Å². The maximum absolute atomic E-state index is 12.9. The summed E-state index contributed by atoms with van der Waals surface area (Å²) in [5, 5.41) is 5.56. The van der Waals surface area contributed by atoms with Gasteiger partial charge in [0.2, 0.25) is 11.9 Å². The third kappa shape index (κ3) is 6.73. The lowest BCUT2D eigenvalue weighted by molar-refractivity contribution is -0.116. The van der Waals surface area contributed by atoms with E-state index in [0.717, 1.165) is 17.0 Å². The summed E-state index contributed by atoms with van der Waals surface area (Å²) in [4.78, 5) is 31.4. The molecule has 0 saturated carbocycles. The van der Waals surface area contributed by atoms with Crippen LogP contribution >= 0.6 is 0 Å². The quantitative estimate of drug-likeness (QED) is 0.436. The SMILES string of the molecule is CCNC(=O)N(CCOC)CC(=O)Nc1nc(-c2ccc(OC)cc2)cn1-c1ccc(OC)cc1. The number of methoxy groups -OCH3 is 3. The molecular formula is C25H31N5O5. The van der Waals surface area contributed by atoms with Crippen molar-refractivity contribution >= 4 is 17.9 Å². The Hall–Kier alpha value is -4.05. The highest BCUT2D eigenvalue weighted by Gasteiger charge is 2.19. The molecule has 1 aromatic heterocycles. The number of carbonyl (C=O) groups excluding carboxylic acids is 2. The second-order valence-electron chi connectivity index (χ2n) is 7.54. The smallest absolute Gasteiger partial charge is 0.317 e. The van der Waals surface area contributed by atoms with Gasteiger partial charge in [-0.3, -0.25) is 14.7 Å². The highest BCUT2D eigenvalue weighted by atomic mass is 16.5. The van der Waals surface area contributed by atoms with Gasteiger partial charge in [-0.25, -0.2) is 9.78 Å². The number of rotatable bonds is 11. The van der Waals surface area contributed by atoms with E-state index in [1.807, 2.05) is 61.7 Å². The van der Waals surface area contributed by atoms with Crippen LogP contribution in [0.25, 0.3) is 16.9 Å². The monoisotopic (exact) mass is 481 g/mol. The number of carbonyl (C=O) groups is 2. The number of aromatic nitrogens is 2. The number of hydrogen-bond donors (Lipinski definition) is 2. The van der Waals surface area contributed by atoms with Gasteiger partial charge in [-0.2, -0.15) is 0 Å². The van der Waals surface area contributed by atoms with Crippen LogP contribution in [0.15, 0.2) is 54.7 Å². The normalized spacial score (nSPS) is 10.5. The van der Waals surface area contributed by atoms with Crippen LogP contribution in [0.1, 0.15) is 6.92 Å². The van der Waals surface area contributed by atoms with Gasteiger partial charge in [-0.1, -0.05) is 0 Å². The molecule has 0 saturated heterocycles. The van der Waals surface area contributed by atoms with Gasteiger partial charge >= 0.3 is 6.03 Å². The topological polar surface area (TPSA) is 107 Å². The maximum atomic E-state index is 12.9. The van der Waals surface area contributed by atoms with Gasteiger partial charge < -0.3 is 24.4 Å². The van der Waals surface area contributed by atoms with Crippen LogP contribution in [-0.2, 0) is 9.53 Å². The second-order valence-corrected chi connectivity index (χ2v) is 7.54. The van der Waals surface area contributed by atoms with Gasteiger partial charge in [0.1, 0.15) is 18.0 Å². The Kier molecular flexibility index (Phi) is 9.08. The Balaban J connectivity index is 1.89. The van der Waals surface area contributed by atoms with Crippen molar-refractivity contribution in [2.45, 2.75) is 6.92 Å². The lowest BCUT2D eigenvalue weighted by Crippen LogP contribution is -2.45. The molecule has 2 aromatic carbocycles. The largest absolute Gasteiger partial charge is 0.497 e. The van der Waals surface area contributed by atoms with Crippen molar-refractivity contribution in [2.24, 2.45) is 0 Å². The van der Waals surface area contributed by atoms with Crippen molar-refractivity contribution in [1.29, 1.82) is 0 Å². The average Bonchev–Trinajstić information content (AvgIpc) is 3.30. The van der Waals surface area contributed by atoms with E-state index < -0.39 is 0 Å². The predicted molar refractivity (Wildman–Crippen MR) is 133 cm³/mol. The standard InChI is InChI=1S/C25H31N5O5/c1-5-26-25(32)29(14-15-33-2)17-23(31)28-24-27-22(18-6-10-20(34-3)11-7-18)16-30(24)19-8-12-21(35-4)13-9-19/h6-13,16H,5,14-15,17H2,1-4H3,(H,26,32)(H,27,28,31). The first-order valence-corrected chi connectivity index (χ1v) is 11.2. The first-order valence-electron chi connectivity index (χ1n) is 11.2. The fraction of sp³-hybridized carbons (Fsp3) is 0.320. The van der Waals surface area contributed by atoms with Gasteiger partial charge in [0.25, 0.3) is 0 Å². The highest BCUT2D eigenvalue weighted by molar-refractivity contribution is 5.93. The summed E-state index contributed by atoms with van der Waals surface area (Å²) in [6, 6.07) is 14.5. The maximum Gasteiger partial charge on any atom is 0.317 e. The summed E-state index contributed by atoms with van der Waals surface area (Å²) >= 11 is 0. The molecule has 0 bridgehead atoms. The number of nitrogens with one attached hydrogen (secondary N) is 2. The van der Waals surface area contributed by atoms with Crippen molar-refractivity contribution in [3.63, 3.8) is 0 Å². The van der Waals surface area contributed by atoms with Crippen molar-refractivity contribution in [3.05, 3.63) is 54.7 Å². The fourth-order valence-electron chi connectivity index (χ4n) is 3.36. The number of hydrogen-bond acceptors (Lipinski definition) is 6. The van der Waals surface area contributed by atoms with E-state index in [-0.39, 0.29) is 25.0 Å². The summed E-state index contributed by atoms with van der Waals surface area (Å²) in [6.45, 7) is 2.71. The molecule has 0 radical (unpaired) electrons. The van der Waals surface area contributed by atoms with E-state index in [0.29, 0.717) is 30.5 Å². The Labute approximate surface area is 204 Å². The van der Waals surface area contributed by atoms with Crippen LogP contribution in [0.5, 0.6) is 11.5 Å². The summed E-state index contributed by atoms with van der Waals surface area (Å²) < 4.78 is 17.3. The van der Waals surface area contributed by atoms with Crippen LogP contribution in [0.2, 0.25) is 0 Å². The van der Waals surface area contributed by atoms with Crippen LogP contribution in [-0.4, -0.2) is 74.0 Å². The number of amides is 3. The molecule has 0 spiro atoms. The fourth-order valence-corrected chi connectivity index (χ4v) is 3.36. The summed E-state index contributed by atoms with van der Waals surface area (Å²) in [5.74, 6) is 1.39. The molecule has 35 heavy (non-hydrogen) atoms. The van der Waals surface area contributed by atoms with E-state index in [4.69, 9.17) is 14.2 Å². The molecule has 3 rings (SSSR count). The first-order chi connectivity index (χ1) is 17.0. The molecule has 3 amide bonds. The van der Waals surface area contributed by atoms with E-state index >= 15 is 0 Å². The molecule has 0 unspecified atom stereocenters. The average molecular weight is 482 g/mol. The molecule has 1 heterocycles. The lowest BCUT2D eigenvalue weighted by Gasteiger charge is -2.22. The number of benzene rings is 2. The van der Waals surface area contributed by atoms with Crippen LogP contribution in [0.4, 0.5) is 10.7 Å². The number of ether oxygens (including phenoxy) is 3. The molecule has 0 aliphatic heterocycles. The van der Waals surface area contributed by atoms with Crippen LogP contribution < -0.4 is 20.1 Å². The van der Waals surface area contributed by atoms with Gasteiger partial charge in [-0.15, -0.1) is 0 Å². The minimum absolute atomic E-state index is 0.150. The first kappa shape index (κ1) is 25.6. The number of nitrogens with zero attached hydrogens (tertiary/aromatic N) is 3. The lowest BCUT2D eigenvalue weighted by atomic mass is 10.1. The van der Waals surface area contributed by atoms with E-state index in [1.165, 1.54) is 4.90 Å². The minimum Gasteiger partial charge on any atom is -0.497 e. The minimum atomic E-state index is -0.381. The van der Waals surface area contributed by atoms with Gasteiger partial charge in [-0.05, 0) is 55.5 Å². The molecule has 10 nitrogen and oxygen atoms in total. The molecular weight excluding hydrogens is 450 g/mol. The number of urea groups is 1. The van der Waals surface area contributed by atoms with Crippen molar-refractivity contribution in [1.82, 2.24) is 19.8 Å². The third-order valence-electron chi connectivity index (χ3n) is 5.21. The molecule has 0 aliphatic rings. The van der Waals surface area contributed by atoms with Gasteiger partial charge in [0.05, 0.1) is 26.5 Å². The Bertz CT molecular complexity index is 1110. The summed E-state index contributed by atoms with van der Waals surface area (Å²) in [5.41, 5.74) is 2.31. The van der Waals surface area contributed by atoms with Gasteiger partial charge in [0, 0.05) is 37.6 Å². The zero-order chi connectivity index (χ0) is 25.2. The Morgan fingerprint density at radius 1 is 0.971 bits per heavy atom. The van der Waals surface area contributed by atoms with E-state index in [1.54, 1.807) is 25.9 Å². The summed E-state index contributed by atoms with van der Waals surface area (Å²) in [7, 11) is 4.75. The molecule has 2 N–H and O–H groups in total. The predicted octanol–water partition coefficient (Wildman–Crippen LogP) is 3.17. The second kappa shape index (κ2) is 12.4. The van der Waals surface area contributed by atoms with E-state index in [2.05, 4.69) is 15.6 Å². The zero-order valence-corrected chi connectivity index (χ0v) is 20.4. The third-order valence-corrected chi connectivity index (χ3v) is 5.21. The van der Waals surface area contributed by atoms with Gasteiger partial charge in [0.15, 0.2) is 0 Å². The van der Waals surface area contributed by atoms with Crippen LogP contribution in [0, 0.1) is 0 Å².